The van der Waals surface area contributed by atoms with E-state index in [1.54, 1.807) is 10.8 Å². The second-order valence-corrected chi connectivity index (χ2v) is 7.63. The Balaban J connectivity index is 1.49. The molecule has 1 aromatic heterocycles. The van der Waals surface area contributed by atoms with E-state index >= 15 is 0 Å². The number of para-hydroxylation sites is 1. The minimum Gasteiger partial charge on any atom is -0.452 e. The van der Waals surface area contributed by atoms with Gasteiger partial charge in [-0.3, -0.25) is 10.1 Å². The third kappa shape index (κ3) is 6.28. The Morgan fingerprint density at radius 3 is 2.55 bits per heavy atom. The summed E-state index contributed by atoms with van der Waals surface area (Å²) in [6.45, 7) is 3.24. The highest BCUT2D eigenvalue weighted by Crippen LogP contribution is 2.19. The lowest BCUT2D eigenvalue weighted by atomic mass is 9.96. The molecular weight excluding hydrogens is 396 g/mol. The van der Waals surface area contributed by atoms with Crippen LogP contribution in [0, 0.1) is 13.8 Å². The van der Waals surface area contributed by atoms with Gasteiger partial charge in [-0.1, -0.05) is 37.5 Å². The van der Waals surface area contributed by atoms with Crippen LogP contribution in [0.25, 0.3) is 11.8 Å². The van der Waals surface area contributed by atoms with Crippen molar-refractivity contribution in [2.24, 2.45) is 0 Å². The molecule has 1 fully saturated rings. The summed E-state index contributed by atoms with van der Waals surface area (Å²) >= 11 is 0. The molecule has 0 aliphatic heterocycles. The normalized spacial score (nSPS) is 14.4. The number of hydrogen-bond acceptors (Lipinski definition) is 5. The molecule has 8 heteroatoms. The summed E-state index contributed by atoms with van der Waals surface area (Å²) in [5.41, 5.74) is 3.37. The van der Waals surface area contributed by atoms with Gasteiger partial charge in [-0.05, 0) is 44.9 Å². The largest absolute Gasteiger partial charge is 0.452 e. The molecule has 3 amide bonds. The van der Waals surface area contributed by atoms with E-state index in [2.05, 4.69) is 15.7 Å². The summed E-state index contributed by atoms with van der Waals surface area (Å²) in [7, 11) is 0. The van der Waals surface area contributed by atoms with Crippen molar-refractivity contribution in [2.75, 3.05) is 6.61 Å². The SMILES string of the molecule is Cc1nn(-c2ccccc2)c(C)c1/C=C/C(=O)OCC(=O)NC(=O)NC1CCCCC1. The Hall–Kier alpha value is -3.42. The molecule has 0 unspecified atom stereocenters. The second-order valence-electron chi connectivity index (χ2n) is 7.63. The van der Waals surface area contributed by atoms with Crippen molar-refractivity contribution in [1.29, 1.82) is 0 Å². The Kier molecular flexibility index (Phi) is 7.59. The van der Waals surface area contributed by atoms with Crippen molar-refractivity contribution in [3.63, 3.8) is 0 Å². The lowest BCUT2D eigenvalue weighted by Gasteiger charge is -2.22. The minimum atomic E-state index is -0.672. The number of ether oxygens (including phenoxy) is 1. The van der Waals surface area contributed by atoms with Gasteiger partial charge >= 0.3 is 12.0 Å². The highest BCUT2D eigenvalue weighted by Gasteiger charge is 2.17. The summed E-state index contributed by atoms with van der Waals surface area (Å²) in [5.74, 6) is -1.34. The highest BCUT2D eigenvalue weighted by molar-refractivity contribution is 5.96. The predicted molar refractivity (Wildman–Crippen MR) is 117 cm³/mol. The maximum absolute atomic E-state index is 12.0. The first-order valence-electron chi connectivity index (χ1n) is 10.5. The Labute approximate surface area is 181 Å². The number of esters is 1. The first kappa shape index (κ1) is 22.3. The van der Waals surface area contributed by atoms with Crippen LogP contribution in [-0.4, -0.2) is 40.3 Å². The molecule has 164 valence electrons. The van der Waals surface area contributed by atoms with E-state index in [0.29, 0.717) is 0 Å². The molecule has 1 saturated carbocycles. The third-order valence-electron chi connectivity index (χ3n) is 5.27. The Morgan fingerprint density at radius 1 is 1.13 bits per heavy atom. The molecule has 3 rings (SSSR count). The Bertz CT molecular complexity index is 959. The van der Waals surface area contributed by atoms with Gasteiger partial charge in [-0.2, -0.15) is 5.10 Å². The van der Waals surface area contributed by atoms with E-state index in [4.69, 9.17) is 4.74 Å². The lowest BCUT2D eigenvalue weighted by Crippen LogP contribution is -2.46. The molecule has 2 aromatic rings. The fourth-order valence-electron chi connectivity index (χ4n) is 3.68. The summed E-state index contributed by atoms with van der Waals surface area (Å²) in [6.07, 6.45) is 8.03. The Morgan fingerprint density at radius 2 is 1.84 bits per heavy atom. The second kappa shape index (κ2) is 10.6. The standard InChI is InChI=1S/C23H28N4O4/c1-16-20(17(2)27(26-16)19-11-7-4-8-12-19)13-14-22(29)31-15-21(28)25-23(30)24-18-9-5-3-6-10-18/h4,7-8,11-14,18H,3,5-6,9-10,15H2,1-2H3,(H2,24,25,28,30)/b14-13+. The zero-order valence-electron chi connectivity index (χ0n) is 17.9. The molecule has 1 heterocycles. The van der Waals surface area contributed by atoms with Gasteiger partial charge in [0.05, 0.1) is 11.4 Å². The van der Waals surface area contributed by atoms with Crippen molar-refractivity contribution in [3.05, 3.63) is 53.4 Å². The van der Waals surface area contributed by atoms with Gasteiger partial charge in [-0.15, -0.1) is 0 Å². The number of rotatable bonds is 6. The number of aromatic nitrogens is 2. The maximum Gasteiger partial charge on any atom is 0.331 e. The van der Waals surface area contributed by atoms with Gasteiger partial charge in [0.25, 0.3) is 5.91 Å². The number of hydrogen-bond donors (Lipinski definition) is 2. The predicted octanol–water partition coefficient (Wildman–Crippen LogP) is 3.20. The lowest BCUT2D eigenvalue weighted by molar-refractivity contribution is -0.143. The topological polar surface area (TPSA) is 102 Å². The highest BCUT2D eigenvalue weighted by atomic mass is 16.5. The summed E-state index contributed by atoms with van der Waals surface area (Å²) < 4.78 is 6.75. The quantitative estimate of drug-likeness (QED) is 0.548. The van der Waals surface area contributed by atoms with E-state index in [9.17, 15) is 14.4 Å². The zero-order chi connectivity index (χ0) is 22.2. The minimum absolute atomic E-state index is 0.0929. The first-order valence-corrected chi connectivity index (χ1v) is 10.5. The van der Waals surface area contributed by atoms with Gasteiger partial charge in [0.2, 0.25) is 0 Å². The third-order valence-corrected chi connectivity index (χ3v) is 5.27. The van der Waals surface area contributed by atoms with Crippen LogP contribution < -0.4 is 10.6 Å². The zero-order valence-corrected chi connectivity index (χ0v) is 17.9. The van der Waals surface area contributed by atoms with Crippen molar-refractivity contribution in [3.8, 4) is 5.69 Å². The molecule has 1 aliphatic rings. The molecule has 1 aromatic carbocycles. The molecule has 31 heavy (non-hydrogen) atoms. The van der Waals surface area contributed by atoms with Gasteiger partial charge in [0, 0.05) is 23.4 Å². The van der Waals surface area contributed by atoms with Crippen molar-refractivity contribution in [2.45, 2.75) is 52.0 Å². The molecular formula is C23H28N4O4. The van der Waals surface area contributed by atoms with Crippen LogP contribution in [0.3, 0.4) is 0 Å². The van der Waals surface area contributed by atoms with Crippen LogP contribution in [-0.2, 0) is 14.3 Å². The maximum atomic E-state index is 12.0. The number of imide groups is 1. The van der Waals surface area contributed by atoms with Gasteiger partial charge in [-0.25, -0.2) is 14.3 Å². The van der Waals surface area contributed by atoms with Crippen molar-refractivity contribution >= 4 is 24.0 Å². The molecule has 1 aliphatic carbocycles. The van der Waals surface area contributed by atoms with E-state index < -0.39 is 24.5 Å². The summed E-state index contributed by atoms with van der Waals surface area (Å²) in [4.78, 5) is 35.7. The summed E-state index contributed by atoms with van der Waals surface area (Å²) in [6, 6.07) is 9.23. The summed E-state index contributed by atoms with van der Waals surface area (Å²) in [5, 5.41) is 9.49. The van der Waals surface area contributed by atoms with Crippen LogP contribution in [0.5, 0.6) is 0 Å². The number of benzene rings is 1. The molecule has 0 saturated heterocycles. The first-order chi connectivity index (χ1) is 14.9. The van der Waals surface area contributed by atoms with E-state index in [1.165, 1.54) is 12.5 Å². The van der Waals surface area contributed by atoms with Crippen LogP contribution in [0.2, 0.25) is 0 Å². The molecule has 0 atom stereocenters. The van der Waals surface area contributed by atoms with Crippen molar-refractivity contribution in [1.82, 2.24) is 20.4 Å². The molecule has 0 radical (unpaired) electrons. The number of urea groups is 1. The average Bonchev–Trinajstić information content (AvgIpc) is 3.05. The molecule has 0 spiro atoms. The monoisotopic (exact) mass is 424 g/mol. The van der Waals surface area contributed by atoms with E-state index in [-0.39, 0.29) is 6.04 Å². The molecule has 2 N–H and O–H groups in total. The average molecular weight is 425 g/mol. The van der Waals surface area contributed by atoms with Crippen LogP contribution >= 0.6 is 0 Å². The number of carbonyl (C=O) groups excluding carboxylic acids is 3. The molecule has 8 nitrogen and oxygen atoms in total. The van der Waals surface area contributed by atoms with E-state index in [1.807, 2.05) is 44.2 Å². The van der Waals surface area contributed by atoms with Gasteiger partial charge < -0.3 is 10.1 Å². The number of nitrogens with zero attached hydrogens (tertiary/aromatic N) is 2. The van der Waals surface area contributed by atoms with Crippen LogP contribution in [0.15, 0.2) is 36.4 Å². The number of amides is 3. The molecule has 0 bridgehead atoms. The van der Waals surface area contributed by atoms with Crippen molar-refractivity contribution < 1.29 is 19.1 Å². The fraction of sp³-hybridized carbons (Fsp3) is 0.391. The number of aryl methyl sites for hydroxylation is 1. The van der Waals surface area contributed by atoms with Gasteiger partial charge in [0.1, 0.15) is 0 Å². The number of carbonyl (C=O) groups is 3. The fourth-order valence-corrected chi connectivity index (χ4v) is 3.68. The van der Waals surface area contributed by atoms with Gasteiger partial charge in [0.15, 0.2) is 6.61 Å². The smallest absolute Gasteiger partial charge is 0.331 e. The van der Waals surface area contributed by atoms with E-state index in [0.717, 1.165) is 48.3 Å². The van der Waals surface area contributed by atoms with Crippen LogP contribution in [0.4, 0.5) is 4.79 Å². The van der Waals surface area contributed by atoms with Crippen LogP contribution in [0.1, 0.15) is 49.1 Å². The number of nitrogens with one attached hydrogen (secondary N) is 2.